The number of methoxy groups -OCH3 is 1. The van der Waals surface area contributed by atoms with Crippen molar-refractivity contribution in [1.29, 1.82) is 0 Å². The molecule has 0 atom stereocenters. The molecule has 0 heterocycles. The molecule has 3 aromatic rings. The summed E-state index contributed by atoms with van der Waals surface area (Å²) in [6.07, 6.45) is 0. The highest BCUT2D eigenvalue weighted by Gasteiger charge is 2.11. The standard InChI is InChI=1S/C24H20Cl2N2O5/c1-32-19-9-7-18(8-10-19)28-24(31)16-4-2-15(3-5-16)14-33-22(29)13-27-23(30)17-6-11-20(25)21(26)12-17/h2-12H,13-14H2,1H3,(H,27,30)(H,28,31). The molecular weight excluding hydrogens is 467 g/mol. The highest BCUT2D eigenvalue weighted by molar-refractivity contribution is 6.42. The fourth-order valence-corrected chi connectivity index (χ4v) is 3.03. The fourth-order valence-electron chi connectivity index (χ4n) is 2.74. The molecule has 3 rings (SSSR count). The molecule has 0 saturated carbocycles. The van der Waals surface area contributed by atoms with Crippen LogP contribution in [0.15, 0.2) is 66.7 Å². The molecular formula is C24H20Cl2N2O5. The second kappa shape index (κ2) is 11.4. The number of hydrogen-bond acceptors (Lipinski definition) is 5. The largest absolute Gasteiger partial charge is 0.497 e. The minimum atomic E-state index is -0.607. The molecule has 170 valence electrons. The summed E-state index contributed by atoms with van der Waals surface area (Å²) in [5, 5.41) is 5.82. The van der Waals surface area contributed by atoms with E-state index in [1.165, 1.54) is 18.2 Å². The summed E-state index contributed by atoms with van der Waals surface area (Å²) in [4.78, 5) is 36.4. The van der Waals surface area contributed by atoms with Crippen LogP contribution in [-0.4, -0.2) is 31.4 Å². The molecule has 0 aliphatic rings. The van der Waals surface area contributed by atoms with Gasteiger partial charge in [-0.1, -0.05) is 35.3 Å². The van der Waals surface area contributed by atoms with Crippen LogP contribution in [0.3, 0.4) is 0 Å². The number of halogens is 2. The molecule has 0 bridgehead atoms. The van der Waals surface area contributed by atoms with Crippen molar-refractivity contribution in [3.05, 3.63) is 93.5 Å². The summed E-state index contributed by atoms with van der Waals surface area (Å²) in [5.41, 5.74) is 2.07. The summed E-state index contributed by atoms with van der Waals surface area (Å²) in [6, 6.07) is 18.0. The molecule has 0 aromatic heterocycles. The van der Waals surface area contributed by atoms with Crippen LogP contribution in [0.25, 0.3) is 0 Å². The molecule has 2 amide bonds. The SMILES string of the molecule is COc1ccc(NC(=O)c2ccc(COC(=O)CNC(=O)c3ccc(Cl)c(Cl)c3)cc2)cc1. The van der Waals surface area contributed by atoms with Crippen molar-refractivity contribution in [2.75, 3.05) is 19.0 Å². The van der Waals surface area contributed by atoms with Crippen LogP contribution in [-0.2, 0) is 16.1 Å². The average Bonchev–Trinajstić information content (AvgIpc) is 2.83. The van der Waals surface area contributed by atoms with E-state index in [0.717, 1.165) is 0 Å². The van der Waals surface area contributed by atoms with Crippen molar-refractivity contribution in [2.45, 2.75) is 6.61 Å². The van der Waals surface area contributed by atoms with Crippen LogP contribution in [0.1, 0.15) is 26.3 Å². The van der Waals surface area contributed by atoms with E-state index in [9.17, 15) is 14.4 Å². The first-order chi connectivity index (χ1) is 15.9. The van der Waals surface area contributed by atoms with Gasteiger partial charge in [-0.3, -0.25) is 14.4 Å². The zero-order valence-electron chi connectivity index (χ0n) is 17.6. The van der Waals surface area contributed by atoms with E-state index in [1.807, 2.05) is 0 Å². The second-order valence-electron chi connectivity index (χ2n) is 6.85. The van der Waals surface area contributed by atoms with E-state index in [-0.39, 0.29) is 29.6 Å². The number of amides is 2. The van der Waals surface area contributed by atoms with Gasteiger partial charge < -0.3 is 20.1 Å². The van der Waals surface area contributed by atoms with Gasteiger partial charge >= 0.3 is 5.97 Å². The minimum Gasteiger partial charge on any atom is -0.497 e. The number of ether oxygens (including phenoxy) is 2. The van der Waals surface area contributed by atoms with Crippen molar-refractivity contribution < 1.29 is 23.9 Å². The maximum Gasteiger partial charge on any atom is 0.325 e. The molecule has 33 heavy (non-hydrogen) atoms. The Bertz CT molecular complexity index is 1150. The lowest BCUT2D eigenvalue weighted by Gasteiger charge is -2.09. The third kappa shape index (κ3) is 6.97. The van der Waals surface area contributed by atoms with Gasteiger partial charge in [0, 0.05) is 16.8 Å². The molecule has 0 aliphatic carbocycles. The topological polar surface area (TPSA) is 93.7 Å². The molecule has 9 heteroatoms. The van der Waals surface area contributed by atoms with Crippen LogP contribution in [0.5, 0.6) is 5.75 Å². The van der Waals surface area contributed by atoms with Gasteiger partial charge in [-0.15, -0.1) is 0 Å². The first-order valence-corrected chi connectivity index (χ1v) is 10.5. The summed E-state index contributed by atoms with van der Waals surface area (Å²) in [7, 11) is 1.57. The fraction of sp³-hybridized carbons (Fsp3) is 0.125. The van der Waals surface area contributed by atoms with Crippen LogP contribution >= 0.6 is 23.2 Å². The second-order valence-corrected chi connectivity index (χ2v) is 7.67. The molecule has 0 fully saturated rings. The highest BCUT2D eigenvalue weighted by Crippen LogP contribution is 2.22. The number of benzene rings is 3. The number of carbonyl (C=O) groups excluding carboxylic acids is 3. The Morgan fingerprint density at radius 1 is 0.818 bits per heavy atom. The van der Waals surface area contributed by atoms with Crippen molar-refractivity contribution in [3.63, 3.8) is 0 Å². The normalized spacial score (nSPS) is 10.3. The summed E-state index contributed by atoms with van der Waals surface area (Å²) < 4.78 is 10.3. The van der Waals surface area contributed by atoms with Crippen LogP contribution in [0, 0.1) is 0 Å². The number of esters is 1. The first-order valence-electron chi connectivity index (χ1n) is 9.79. The van der Waals surface area contributed by atoms with Gasteiger partial charge in [-0.25, -0.2) is 0 Å². The Morgan fingerprint density at radius 2 is 1.48 bits per heavy atom. The number of anilines is 1. The predicted octanol–water partition coefficient (Wildman–Crippen LogP) is 4.73. The molecule has 2 N–H and O–H groups in total. The maximum absolute atomic E-state index is 12.4. The molecule has 0 unspecified atom stereocenters. The zero-order valence-corrected chi connectivity index (χ0v) is 19.1. The van der Waals surface area contributed by atoms with Crippen molar-refractivity contribution in [1.82, 2.24) is 5.32 Å². The molecule has 3 aromatic carbocycles. The number of nitrogens with one attached hydrogen (secondary N) is 2. The van der Waals surface area contributed by atoms with E-state index in [2.05, 4.69) is 10.6 Å². The molecule has 0 aliphatic heterocycles. The number of carbonyl (C=O) groups is 3. The highest BCUT2D eigenvalue weighted by atomic mass is 35.5. The monoisotopic (exact) mass is 486 g/mol. The van der Waals surface area contributed by atoms with Crippen LogP contribution in [0.4, 0.5) is 5.69 Å². The first kappa shape index (κ1) is 24.1. The van der Waals surface area contributed by atoms with Gasteiger partial charge in [-0.2, -0.15) is 0 Å². The number of hydrogen-bond donors (Lipinski definition) is 2. The van der Waals surface area contributed by atoms with E-state index >= 15 is 0 Å². The Kier molecular flexibility index (Phi) is 8.29. The molecule has 0 spiro atoms. The minimum absolute atomic E-state index is 0.00184. The van der Waals surface area contributed by atoms with Gasteiger partial charge in [-0.05, 0) is 60.2 Å². The quantitative estimate of drug-likeness (QED) is 0.449. The predicted molar refractivity (Wildman–Crippen MR) is 126 cm³/mol. The van der Waals surface area contributed by atoms with Crippen molar-refractivity contribution in [2.24, 2.45) is 0 Å². The average molecular weight is 487 g/mol. The third-order valence-corrected chi connectivity index (χ3v) is 5.28. The van der Waals surface area contributed by atoms with E-state index in [1.54, 1.807) is 55.6 Å². The third-order valence-electron chi connectivity index (χ3n) is 4.54. The number of rotatable bonds is 8. The summed E-state index contributed by atoms with van der Waals surface area (Å²) in [5.74, 6) is -0.656. The smallest absolute Gasteiger partial charge is 0.325 e. The van der Waals surface area contributed by atoms with Crippen LogP contribution in [0.2, 0.25) is 10.0 Å². The van der Waals surface area contributed by atoms with Gasteiger partial charge in [0.05, 0.1) is 17.2 Å². The lowest BCUT2D eigenvalue weighted by atomic mass is 10.1. The Balaban J connectivity index is 1.45. The van der Waals surface area contributed by atoms with Gasteiger partial charge in [0.1, 0.15) is 18.9 Å². The van der Waals surface area contributed by atoms with Gasteiger partial charge in [0.2, 0.25) is 0 Å². The maximum atomic E-state index is 12.4. The Hall–Kier alpha value is -3.55. The Morgan fingerprint density at radius 3 is 2.12 bits per heavy atom. The van der Waals surface area contributed by atoms with Crippen molar-refractivity contribution in [3.8, 4) is 5.75 Å². The lowest BCUT2D eigenvalue weighted by molar-refractivity contribution is -0.143. The van der Waals surface area contributed by atoms with Gasteiger partial charge in [0.25, 0.3) is 11.8 Å². The molecule has 0 saturated heterocycles. The summed E-state index contributed by atoms with van der Waals surface area (Å²) >= 11 is 11.7. The van der Waals surface area contributed by atoms with E-state index in [4.69, 9.17) is 32.7 Å². The van der Waals surface area contributed by atoms with E-state index < -0.39 is 11.9 Å². The zero-order chi connectivity index (χ0) is 23.8. The molecule has 0 radical (unpaired) electrons. The van der Waals surface area contributed by atoms with E-state index in [0.29, 0.717) is 27.6 Å². The van der Waals surface area contributed by atoms with Gasteiger partial charge in [0.15, 0.2) is 0 Å². The molecule has 7 nitrogen and oxygen atoms in total. The Labute approximate surface area is 200 Å². The van der Waals surface area contributed by atoms with Crippen molar-refractivity contribution >= 4 is 46.7 Å². The summed E-state index contributed by atoms with van der Waals surface area (Å²) in [6.45, 7) is -0.302. The lowest BCUT2D eigenvalue weighted by Crippen LogP contribution is -2.30. The van der Waals surface area contributed by atoms with Crippen LogP contribution < -0.4 is 15.4 Å².